The summed E-state index contributed by atoms with van der Waals surface area (Å²) in [7, 11) is 0. The summed E-state index contributed by atoms with van der Waals surface area (Å²) < 4.78 is 0. The Morgan fingerprint density at radius 1 is 1.25 bits per heavy atom. The van der Waals surface area contributed by atoms with Crippen LogP contribution < -0.4 is 4.90 Å². The van der Waals surface area contributed by atoms with Crippen LogP contribution >= 0.6 is 0 Å². The van der Waals surface area contributed by atoms with E-state index in [0.717, 1.165) is 19.5 Å². The van der Waals surface area contributed by atoms with E-state index in [-0.39, 0.29) is 5.78 Å². The van der Waals surface area contributed by atoms with Crippen LogP contribution in [0.2, 0.25) is 0 Å². The molecule has 0 amide bonds. The molecular formula is C14H21NO. The van der Waals surface area contributed by atoms with E-state index in [2.05, 4.69) is 43.0 Å². The highest BCUT2D eigenvalue weighted by Crippen LogP contribution is 2.15. The molecule has 0 bridgehead atoms. The Morgan fingerprint density at radius 3 is 2.38 bits per heavy atom. The number of Topliss-reactive ketones (excluding diaryl/α,β-unsaturated/α-hetero) is 1. The molecule has 0 saturated carbocycles. The van der Waals surface area contributed by atoms with Crippen LogP contribution in [0.1, 0.15) is 32.3 Å². The monoisotopic (exact) mass is 219 g/mol. The lowest BCUT2D eigenvalue weighted by Gasteiger charge is -2.23. The van der Waals surface area contributed by atoms with Crippen molar-refractivity contribution in [1.29, 1.82) is 0 Å². The van der Waals surface area contributed by atoms with E-state index in [9.17, 15) is 4.79 Å². The Hall–Kier alpha value is -1.31. The van der Waals surface area contributed by atoms with Gasteiger partial charge in [-0.15, -0.1) is 0 Å². The largest absolute Gasteiger partial charge is 0.372 e. The lowest BCUT2D eigenvalue weighted by atomic mass is 10.2. The van der Waals surface area contributed by atoms with E-state index in [1.54, 1.807) is 6.92 Å². The van der Waals surface area contributed by atoms with Crippen LogP contribution in [0.5, 0.6) is 0 Å². The Bertz CT molecular complexity index is 329. The zero-order valence-corrected chi connectivity index (χ0v) is 10.5. The Balaban J connectivity index is 2.53. The van der Waals surface area contributed by atoms with Crippen molar-refractivity contribution < 1.29 is 4.79 Å². The predicted molar refractivity (Wildman–Crippen MR) is 69.0 cm³/mol. The predicted octanol–water partition coefficient (Wildman–Crippen LogP) is 3.19. The summed E-state index contributed by atoms with van der Waals surface area (Å²) in [5.41, 5.74) is 2.53. The van der Waals surface area contributed by atoms with Crippen LogP contribution in [0.15, 0.2) is 24.3 Å². The molecule has 0 heterocycles. The maximum atomic E-state index is 10.9. The summed E-state index contributed by atoms with van der Waals surface area (Å²) in [5, 5.41) is 0. The number of hydrogen-bond donors (Lipinski definition) is 0. The maximum Gasteiger partial charge on any atom is 0.129 e. The van der Waals surface area contributed by atoms with Crippen molar-refractivity contribution in [2.45, 2.75) is 33.6 Å². The van der Waals surface area contributed by atoms with Crippen molar-refractivity contribution in [3.05, 3.63) is 29.8 Å². The first-order chi connectivity index (χ1) is 7.63. The van der Waals surface area contributed by atoms with E-state index >= 15 is 0 Å². The van der Waals surface area contributed by atoms with Crippen molar-refractivity contribution in [1.82, 2.24) is 0 Å². The van der Waals surface area contributed by atoms with Gasteiger partial charge in [0.2, 0.25) is 0 Å². The minimum Gasteiger partial charge on any atom is -0.372 e. The van der Waals surface area contributed by atoms with E-state index in [4.69, 9.17) is 0 Å². The van der Waals surface area contributed by atoms with E-state index in [1.165, 1.54) is 11.3 Å². The third-order valence-electron chi connectivity index (χ3n) is 2.74. The molecule has 88 valence electrons. The van der Waals surface area contributed by atoms with Gasteiger partial charge in [0.05, 0.1) is 0 Å². The fraction of sp³-hybridized carbons (Fsp3) is 0.500. The van der Waals surface area contributed by atoms with Crippen molar-refractivity contribution >= 4 is 11.5 Å². The molecule has 2 nitrogen and oxygen atoms in total. The second-order valence-corrected chi connectivity index (χ2v) is 4.22. The number of anilines is 1. The molecule has 1 aromatic rings. The standard InChI is InChI=1S/C14H21NO/c1-4-15(11-5-6-13(3)16)14-9-7-12(2)8-10-14/h7-10H,4-6,11H2,1-3H3. The summed E-state index contributed by atoms with van der Waals surface area (Å²) in [6.07, 6.45) is 1.62. The maximum absolute atomic E-state index is 10.9. The third kappa shape index (κ3) is 4.05. The molecule has 0 spiro atoms. The van der Waals surface area contributed by atoms with Gasteiger partial charge in [0.15, 0.2) is 0 Å². The smallest absolute Gasteiger partial charge is 0.129 e. The Labute approximate surface area is 98.3 Å². The van der Waals surface area contributed by atoms with Crippen LogP contribution in [-0.4, -0.2) is 18.9 Å². The first-order valence-electron chi connectivity index (χ1n) is 5.94. The molecule has 0 aromatic heterocycles. The zero-order valence-electron chi connectivity index (χ0n) is 10.5. The van der Waals surface area contributed by atoms with Gasteiger partial charge >= 0.3 is 0 Å². The van der Waals surface area contributed by atoms with Crippen molar-refractivity contribution in [2.75, 3.05) is 18.0 Å². The highest BCUT2D eigenvalue weighted by atomic mass is 16.1. The lowest BCUT2D eigenvalue weighted by molar-refractivity contribution is -0.117. The minimum atomic E-state index is 0.278. The Morgan fingerprint density at radius 2 is 1.88 bits per heavy atom. The quantitative estimate of drug-likeness (QED) is 0.732. The number of benzene rings is 1. The van der Waals surface area contributed by atoms with Crippen LogP contribution in [0.4, 0.5) is 5.69 Å². The molecule has 0 unspecified atom stereocenters. The number of ketones is 1. The number of carbonyl (C=O) groups is 1. The average molecular weight is 219 g/mol. The molecule has 16 heavy (non-hydrogen) atoms. The van der Waals surface area contributed by atoms with E-state index < -0.39 is 0 Å². The second-order valence-electron chi connectivity index (χ2n) is 4.22. The van der Waals surface area contributed by atoms with Gasteiger partial charge in [0.25, 0.3) is 0 Å². The van der Waals surface area contributed by atoms with E-state index in [1.807, 2.05) is 0 Å². The number of nitrogens with zero attached hydrogens (tertiary/aromatic N) is 1. The highest BCUT2D eigenvalue weighted by molar-refractivity contribution is 5.75. The summed E-state index contributed by atoms with van der Waals surface area (Å²) >= 11 is 0. The van der Waals surface area contributed by atoms with Crippen LogP contribution in [0, 0.1) is 6.92 Å². The van der Waals surface area contributed by atoms with Crippen molar-refractivity contribution in [2.24, 2.45) is 0 Å². The molecule has 0 atom stereocenters. The second kappa shape index (κ2) is 6.31. The van der Waals surface area contributed by atoms with Crippen molar-refractivity contribution in [3.8, 4) is 0 Å². The molecule has 0 aliphatic heterocycles. The van der Waals surface area contributed by atoms with E-state index in [0.29, 0.717) is 6.42 Å². The summed E-state index contributed by atoms with van der Waals surface area (Å²) in [5.74, 6) is 0.278. The topological polar surface area (TPSA) is 20.3 Å². The van der Waals surface area contributed by atoms with Crippen LogP contribution in [-0.2, 0) is 4.79 Å². The van der Waals surface area contributed by atoms with Gasteiger partial charge in [-0.1, -0.05) is 17.7 Å². The van der Waals surface area contributed by atoms with Gasteiger partial charge in [0.1, 0.15) is 5.78 Å². The number of carbonyl (C=O) groups excluding carboxylic acids is 1. The van der Waals surface area contributed by atoms with Gasteiger partial charge in [-0.05, 0) is 39.3 Å². The summed E-state index contributed by atoms with van der Waals surface area (Å²) in [6, 6.07) is 8.55. The fourth-order valence-electron chi connectivity index (χ4n) is 1.74. The van der Waals surface area contributed by atoms with Gasteiger partial charge < -0.3 is 9.69 Å². The van der Waals surface area contributed by atoms with Crippen LogP contribution in [0.25, 0.3) is 0 Å². The average Bonchev–Trinajstić information content (AvgIpc) is 2.26. The molecule has 0 aliphatic carbocycles. The lowest BCUT2D eigenvalue weighted by Crippen LogP contribution is -2.24. The molecular weight excluding hydrogens is 198 g/mol. The van der Waals surface area contributed by atoms with Gasteiger partial charge in [-0.25, -0.2) is 0 Å². The van der Waals surface area contributed by atoms with Gasteiger partial charge in [-0.3, -0.25) is 0 Å². The molecule has 0 saturated heterocycles. The third-order valence-corrected chi connectivity index (χ3v) is 2.74. The molecule has 0 aliphatic rings. The molecule has 0 radical (unpaired) electrons. The number of aryl methyl sites for hydroxylation is 1. The first-order valence-corrected chi connectivity index (χ1v) is 5.94. The summed E-state index contributed by atoms with van der Waals surface area (Å²) in [4.78, 5) is 13.2. The Kier molecular flexibility index (Phi) is 5.03. The summed E-state index contributed by atoms with van der Waals surface area (Å²) in [6.45, 7) is 7.84. The van der Waals surface area contributed by atoms with Crippen LogP contribution in [0.3, 0.4) is 0 Å². The van der Waals surface area contributed by atoms with Crippen molar-refractivity contribution in [3.63, 3.8) is 0 Å². The molecule has 1 aromatic carbocycles. The highest BCUT2D eigenvalue weighted by Gasteiger charge is 2.04. The normalized spacial score (nSPS) is 10.2. The number of rotatable bonds is 6. The fourth-order valence-corrected chi connectivity index (χ4v) is 1.74. The first kappa shape index (κ1) is 12.8. The molecule has 0 N–H and O–H groups in total. The number of hydrogen-bond acceptors (Lipinski definition) is 2. The minimum absolute atomic E-state index is 0.278. The molecule has 1 rings (SSSR count). The van der Waals surface area contributed by atoms with Gasteiger partial charge in [0, 0.05) is 25.2 Å². The van der Waals surface area contributed by atoms with Gasteiger partial charge in [-0.2, -0.15) is 0 Å². The zero-order chi connectivity index (χ0) is 12.0. The molecule has 2 heteroatoms. The SMILES string of the molecule is CCN(CCCC(C)=O)c1ccc(C)cc1. The molecule has 0 fully saturated rings.